The molecule has 1 heterocycles. The summed E-state index contributed by atoms with van der Waals surface area (Å²) in [5.41, 5.74) is 1.63. The second-order valence-corrected chi connectivity index (χ2v) is 5.31. The molecule has 0 unspecified atom stereocenters. The molecule has 0 saturated heterocycles. The van der Waals surface area contributed by atoms with Crippen molar-refractivity contribution in [2.45, 2.75) is 20.4 Å². The van der Waals surface area contributed by atoms with Crippen LogP contribution < -0.4 is 5.56 Å². The lowest BCUT2D eigenvalue weighted by Gasteiger charge is -2.19. The Bertz CT molecular complexity index is 781. The molecule has 0 atom stereocenters. The fourth-order valence-electron chi connectivity index (χ4n) is 1.99. The molecule has 23 heavy (non-hydrogen) atoms. The van der Waals surface area contributed by atoms with E-state index in [9.17, 15) is 4.79 Å². The Hall–Kier alpha value is -2.34. The Morgan fingerprint density at radius 1 is 1.48 bits per heavy atom. The number of H-pyrrole nitrogens is 1. The molecule has 2 rings (SSSR count). The van der Waals surface area contributed by atoms with Gasteiger partial charge in [-0.15, -0.1) is 12.6 Å². The predicted molar refractivity (Wildman–Crippen MR) is 97.6 cm³/mol. The monoisotopic (exact) mass is 331 g/mol. The van der Waals surface area contributed by atoms with E-state index in [2.05, 4.69) is 29.2 Å². The SMILES string of the molecule is C=C/C=C(\S)N(C)Cc1ccc2nc(C)[nH]c(=O)c2c1.CC=O. The van der Waals surface area contributed by atoms with Gasteiger partial charge in [0.1, 0.15) is 12.1 Å². The number of carbonyl (C=O) groups excluding carboxylic acids is 1. The zero-order valence-corrected chi connectivity index (χ0v) is 14.4. The van der Waals surface area contributed by atoms with Gasteiger partial charge >= 0.3 is 0 Å². The minimum Gasteiger partial charge on any atom is -0.365 e. The molecule has 0 fully saturated rings. The molecule has 0 spiro atoms. The first-order chi connectivity index (χ1) is 10.9. The summed E-state index contributed by atoms with van der Waals surface area (Å²) < 4.78 is 0. The van der Waals surface area contributed by atoms with Crippen molar-refractivity contribution in [1.82, 2.24) is 14.9 Å². The van der Waals surface area contributed by atoms with Crippen LogP contribution in [0.1, 0.15) is 18.3 Å². The average molecular weight is 331 g/mol. The molecule has 122 valence electrons. The third kappa shape index (κ3) is 5.41. The lowest BCUT2D eigenvalue weighted by molar-refractivity contribution is -0.106. The third-order valence-electron chi connectivity index (χ3n) is 2.97. The van der Waals surface area contributed by atoms with Gasteiger partial charge in [0.25, 0.3) is 5.56 Å². The first-order valence-electron chi connectivity index (χ1n) is 7.05. The van der Waals surface area contributed by atoms with Gasteiger partial charge in [0.05, 0.1) is 15.9 Å². The number of aromatic nitrogens is 2. The van der Waals surface area contributed by atoms with Crippen molar-refractivity contribution < 1.29 is 4.79 Å². The number of rotatable bonds is 4. The minimum atomic E-state index is -0.107. The first kappa shape index (κ1) is 18.7. The molecule has 1 N–H and O–H groups in total. The molecule has 0 aliphatic heterocycles. The second-order valence-electron chi connectivity index (χ2n) is 4.86. The summed E-state index contributed by atoms with van der Waals surface area (Å²) in [5.74, 6) is 0.624. The molecule has 1 aromatic heterocycles. The zero-order chi connectivity index (χ0) is 17.4. The fourth-order valence-corrected chi connectivity index (χ4v) is 2.16. The van der Waals surface area contributed by atoms with Crippen LogP contribution in [0, 0.1) is 6.92 Å². The van der Waals surface area contributed by atoms with Crippen molar-refractivity contribution in [3.8, 4) is 0 Å². The van der Waals surface area contributed by atoms with E-state index in [4.69, 9.17) is 4.79 Å². The van der Waals surface area contributed by atoms with Gasteiger partial charge in [-0.1, -0.05) is 18.7 Å². The van der Waals surface area contributed by atoms with Crippen molar-refractivity contribution in [3.05, 3.63) is 63.7 Å². The number of aryl methyl sites for hydroxylation is 1. The third-order valence-corrected chi connectivity index (χ3v) is 3.46. The normalized spacial score (nSPS) is 10.7. The van der Waals surface area contributed by atoms with Crippen LogP contribution in [-0.2, 0) is 11.3 Å². The molecule has 2 aromatic rings. The molecule has 5 nitrogen and oxygen atoms in total. The van der Waals surface area contributed by atoms with Crippen molar-refractivity contribution >= 4 is 29.8 Å². The summed E-state index contributed by atoms with van der Waals surface area (Å²) in [6.07, 6.45) is 4.26. The number of hydrogen-bond acceptors (Lipinski definition) is 5. The lowest BCUT2D eigenvalue weighted by atomic mass is 10.1. The number of aldehydes is 1. The number of carbonyl (C=O) groups is 1. The van der Waals surface area contributed by atoms with Gasteiger partial charge in [0.2, 0.25) is 0 Å². The first-order valence-corrected chi connectivity index (χ1v) is 7.49. The van der Waals surface area contributed by atoms with Crippen LogP contribution in [0.25, 0.3) is 10.9 Å². The number of aromatic amines is 1. The molecule has 0 bridgehead atoms. The number of allylic oxidation sites excluding steroid dienone is 2. The maximum Gasteiger partial charge on any atom is 0.258 e. The number of nitrogens with zero attached hydrogens (tertiary/aromatic N) is 2. The van der Waals surface area contributed by atoms with Gasteiger partial charge in [-0.25, -0.2) is 4.98 Å². The summed E-state index contributed by atoms with van der Waals surface area (Å²) in [7, 11) is 1.93. The van der Waals surface area contributed by atoms with Crippen LogP contribution in [-0.4, -0.2) is 28.2 Å². The predicted octanol–water partition coefficient (Wildman–Crippen LogP) is 2.83. The highest BCUT2D eigenvalue weighted by atomic mass is 32.1. The number of benzene rings is 1. The summed E-state index contributed by atoms with van der Waals surface area (Å²) >= 11 is 4.38. The Morgan fingerprint density at radius 3 is 2.74 bits per heavy atom. The summed E-state index contributed by atoms with van der Waals surface area (Å²) in [4.78, 5) is 29.7. The van der Waals surface area contributed by atoms with Crippen LogP contribution in [0.5, 0.6) is 0 Å². The standard InChI is InChI=1S/C15H17N3OS.C2H4O/c1-4-5-14(20)18(3)9-11-6-7-13-12(8-11)15(19)17-10(2)16-13;1-2-3/h4-8,20H,1,9H2,2-3H3,(H,16,17,19);2H,1H3/b14-5-;. The van der Waals surface area contributed by atoms with E-state index in [1.165, 1.54) is 6.92 Å². The van der Waals surface area contributed by atoms with Gasteiger partial charge in [0.15, 0.2) is 0 Å². The van der Waals surface area contributed by atoms with Gasteiger partial charge in [0, 0.05) is 13.6 Å². The molecular formula is C17H21N3O2S. The van der Waals surface area contributed by atoms with E-state index in [0.29, 0.717) is 23.3 Å². The van der Waals surface area contributed by atoms with E-state index < -0.39 is 0 Å². The molecule has 1 aromatic carbocycles. The summed E-state index contributed by atoms with van der Waals surface area (Å²) in [5, 5.41) is 1.42. The largest absolute Gasteiger partial charge is 0.365 e. The Labute approximate surface area is 141 Å². The molecule has 0 amide bonds. The van der Waals surface area contributed by atoms with Gasteiger partial charge in [-0.3, -0.25) is 4.79 Å². The van der Waals surface area contributed by atoms with Crippen LogP contribution in [0.3, 0.4) is 0 Å². The van der Waals surface area contributed by atoms with Crippen molar-refractivity contribution in [2.24, 2.45) is 0 Å². The highest BCUT2D eigenvalue weighted by Crippen LogP contribution is 2.15. The van der Waals surface area contributed by atoms with Gasteiger partial charge < -0.3 is 14.7 Å². The van der Waals surface area contributed by atoms with E-state index >= 15 is 0 Å². The minimum absolute atomic E-state index is 0.107. The molecular weight excluding hydrogens is 310 g/mol. The number of fused-ring (bicyclic) bond motifs is 1. The summed E-state index contributed by atoms with van der Waals surface area (Å²) in [6.45, 7) is 7.52. The number of thiol groups is 1. The molecule has 0 aliphatic rings. The smallest absolute Gasteiger partial charge is 0.258 e. The molecule has 6 heteroatoms. The Kier molecular flexibility index (Phi) is 7.28. The second kappa shape index (κ2) is 8.95. The van der Waals surface area contributed by atoms with Crippen LogP contribution in [0.4, 0.5) is 0 Å². The average Bonchev–Trinajstić information content (AvgIpc) is 2.49. The van der Waals surface area contributed by atoms with Crippen LogP contribution in [0.15, 0.2) is 46.8 Å². The fraction of sp³-hybridized carbons (Fsp3) is 0.235. The van der Waals surface area contributed by atoms with E-state index in [1.54, 1.807) is 13.0 Å². The maximum absolute atomic E-state index is 11.9. The van der Waals surface area contributed by atoms with Crippen LogP contribution >= 0.6 is 12.6 Å². The number of nitrogens with one attached hydrogen (secondary N) is 1. The quantitative estimate of drug-likeness (QED) is 0.514. The van der Waals surface area contributed by atoms with E-state index in [0.717, 1.165) is 16.9 Å². The summed E-state index contributed by atoms with van der Waals surface area (Å²) in [6, 6.07) is 5.71. The van der Waals surface area contributed by atoms with E-state index in [1.807, 2.05) is 36.2 Å². The highest BCUT2D eigenvalue weighted by Gasteiger charge is 2.05. The van der Waals surface area contributed by atoms with Gasteiger partial charge in [-0.2, -0.15) is 0 Å². The highest BCUT2D eigenvalue weighted by molar-refractivity contribution is 7.84. The topological polar surface area (TPSA) is 66.1 Å². The molecule has 0 aliphatic carbocycles. The lowest BCUT2D eigenvalue weighted by Crippen LogP contribution is -2.15. The zero-order valence-electron chi connectivity index (χ0n) is 13.5. The Balaban J connectivity index is 0.000000816. The van der Waals surface area contributed by atoms with Gasteiger partial charge in [-0.05, 0) is 37.6 Å². The number of hydrogen-bond donors (Lipinski definition) is 2. The molecule has 0 saturated carbocycles. The van der Waals surface area contributed by atoms with E-state index in [-0.39, 0.29) is 5.56 Å². The van der Waals surface area contributed by atoms with Crippen molar-refractivity contribution in [1.29, 1.82) is 0 Å². The van der Waals surface area contributed by atoms with Crippen molar-refractivity contribution in [2.75, 3.05) is 7.05 Å². The Morgan fingerprint density at radius 2 is 2.13 bits per heavy atom. The van der Waals surface area contributed by atoms with Crippen LogP contribution in [0.2, 0.25) is 0 Å². The molecule has 0 radical (unpaired) electrons. The van der Waals surface area contributed by atoms with Crippen molar-refractivity contribution in [3.63, 3.8) is 0 Å². The maximum atomic E-state index is 11.9.